The monoisotopic (exact) mass is 306 g/mol. The first-order valence-electron chi connectivity index (χ1n) is 7.97. The standard InChI is InChI=1S/C17H26N2O3/c18-8-10-19(9-6-15-4-2-1-3-5-15)17(20)14-22-13-16-7-11-21-12-16/h1-5,16H,6-14,18H2. The number of nitrogens with zero attached hydrogens (tertiary/aromatic N) is 1. The van der Waals surface area contributed by atoms with Gasteiger partial charge in [0.2, 0.25) is 5.91 Å². The summed E-state index contributed by atoms with van der Waals surface area (Å²) in [5.74, 6) is 0.445. The van der Waals surface area contributed by atoms with Crippen molar-refractivity contribution >= 4 is 5.91 Å². The summed E-state index contributed by atoms with van der Waals surface area (Å²) in [6.07, 6.45) is 1.86. The summed E-state index contributed by atoms with van der Waals surface area (Å²) in [5.41, 5.74) is 6.84. The lowest BCUT2D eigenvalue weighted by Crippen LogP contribution is -2.39. The Bertz CT molecular complexity index is 433. The molecule has 5 nitrogen and oxygen atoms in total. The van der Waals surface area contributed by atoms with Crippen molar-refractivity contribution in [2.75, 3.05) is 46.1 Å². The molecule has 1 amide bonds. The highest BCUT2D eigenvalue weighted by molar-refractivity contribution is 5.77. The van der Waals surface area contributed by atoms with Crippen LogP contribution >= 0.6 is 0 Å². The van der Waals surface area contributed by atoms with Crippen molar-refractivity contribution in [1.29, 1.82) is 0 Å². The van der Waals surface area contributed by atoms with E-state index in [1.807, 2.05) is 18.2 Å². The Hall–Kier alpha value is -1.43. The molecule has 22 heavy (non-hydrogen) atoms. The fourth-order valence-corrected chi connectivity index (χ4v) is 2.54. The van der Waals surface area contributed by atoms with Crippen LogP contribution in [0.4, 0.5) is 0 Å². The number of hydrogen-bond donors (Lipinski definition) is 1. The minimum absolute atomic E-state index is 0.0142. The van der Waals surface area contributed by atoms with Crippen LogP contribution in [-0.4, -0.2) is 56.9 Å². The minimum atomic E-state index is 0.0142. The molecule has 1 aliphatic rings. The van der Waals surface area contributed by atoms with Crippen LogP contribution in [0.5, 0.6) is 0 Å². The molecule has 1 heterocycles. The molecule has 1 saturated heterocycles. The molecule has 1 aromatic rings. The van der Waals surface area contributed by atoms with Gasteiger partial charge in [0, 0.05) is 32.2 Å². The van der Waals surface area contributed by atoms with Crippen molar-refractivity contribution in [3.05, 3.63) is 35.9 Å². The van der Waals surface area contributed by atoms with E-state index in [0.29, 0.717) is 32.2 Å². The predicted octanol–water partition coefficient (Wildman–Crippen LogP) is 1.07. The fraction of sp³-hybridized carbons (Fsp3) is 0.588. The van der Waals surface area contributed by atoms with E-state index in [4.69, 9.17) is 15.2 Å². The average molecular weight is 306 g/mol. The zero-order valence-electron chi connectivity index (χ0n) is 13.1. The number of ether oxygens (including phenoxy) is 2. The largest absolute Gasteiger partial charge is 0.381 e. The van der Waals surface area contributed by atoms with E-state index < -0.39 is 0 Å². The summed E-state index contributed by atoms with van der Waals surface area (Å²) >= 11 is 0. The second-order valence-corrected chi connectivity index (χ2v) is 5.65. The van der Waals surface area contributed by atoms with E-state index in [2.05, 4.69) is 12.1 Å². The highest BCUT2D eigenvalue weighted by Crippen LogP contribution is 2.12. The number of carbonyl (C=O) groups excluding carboxylic acids is 1. The lowest BCUT2D eigenvalue weighted by atomic mass is 10.1. The van der Waals surface area contributed by atoms with Crippen LogP contribution < -0.4 is 5.73 Å². The Balaban J connectivity index is 1.72. The first kappa shape index (κ1) is 16.9. The van der Waals surface area contributed by atoms with Gasteiger partial charge in [-0.2, -0.15) is 0 Å². The minimum Gasteiger partial charge on any atom is -0.381 e. The van der Waals surface area contributed by atoms with Gasteiger partial charge in [-0.3, -0.25) is 4.79 Å². The number of amides is 1. The number of nitrogens with two attached hydrogens (primary N) is 1. The van der Waals surface area contributed by atoms with Gasteiger partial charge in [-0.15, -0.1) is 0 Å². The van der Waals surface area contributed by atoms with Gasteiger partial charge in [-0.1, -0.05) is 30.3 Å². The molecule has 1 aliphatic heterocycles. The van der Waals surface area contributed by atoms with Crippen molar-refractivity contribution in [2.45, 2.75) is 12.8 Å². The number of hydrogen-bond acceptors (Lipinski definition) is 4. The van der Waals surface area contributed by atoms with Gasteiger partial charge in [-0.25, -0.2) is 0 Å². The lowest BCUT2D eigenvalue weighted by Gasteiger charge is -2.22. The van der Waals surface area contributed by atoms with Crippen LogP contribution in [0, 0.1) is 5.92 Å². The Kier molecular flexibility index (Phi) is 7.36. The molecule has 2 rings (SSSR count). The lowest BCUT2D eigenvalue weighted by molar-refractivity contribution is -0.136. The normalized spacial score (nSPS) is 17.6. The molecule has 0 radical (unpaired) electrons. The maximum atomic E-state index is 12.2. The second-order valence-electron chi connectivity index (χ2n) is 5.65. The third kappa shape index (κ3) is 5.75. The van der Waals surface area contributed by atoms with Gasteiger partial charge in [0.05, 0.1) is 13.2 Å². The van der Waals surface area contributed by atoms with E-state index in [9.17, 15) is 4.79 Å². The molecule has 0 bridgehead atoms. The van der Waals surface area contributed by atoms with Gasteiger partial charge in [-0.05, 0) is 18.4 Å². The van der Waals surface area contributed by atoms with Crippen LogP contribution in [0.2, 0.25) is 0 Å². The van der Waals surface area contributed by atoms with Gasteiger partial charge in [0.25, 0.3) is 0 Å². The zero-order valence-corrected chi connectivity index (χ0v) is 13.1. The first-order chi connectivity index (χ1) is 10.8. The first-order valence-corrected chi connectivity index (χ1v) is 7.97. The highest BCUT2D eigenvalue weighted by Gasteiger charge is 2.18. The summed E-state index contributed by atoms with van der Waals surface area (Å²) in [7, 11) is 0. The molecular weight excluding hydrogens is 280 g/mol. The van der Waals surface area contributed by atoms with Crippen molar-refractivity contribution in [2.24, 2.45) is 11.7 Å². The van der Waals surface area contributed by atoms with Gasteiger partial charge >= 0.3 is 0 Å². The number of carbonyl (C=O) groups is 1. The average Bonchev–Trinajstić information content (AvgIpc) is 3.05. The summed E-state index contributed by atoms with van der Waals surface area (Å²) in [5, 5.41) is 0. The molecule has 0 spiro atoms. The molecule has 0 saturated carbocycles. The van der Waals surface area contributed by atoms with Crippen molar-refractivity contribution in [3.8, 4) is 0 Å². The fourth-order valence-electron chi connectivity index (χ4n) is 2.54. The topological polar surface area (TPSA) is 64.8 Å². The highest BCUT2D eigenvalue weighted by atomic mass is 16.5. The Morgan fingerprint density at radius 2 is 2.14 bits per heavy atom. The smallest absolute Gasteiger partial charge is 0.248 e. The molecule has 0 aliphatic carbocycles. The quantitative estimate of drug-likeness (QED) is 0.741. The van der Waals surface area contributed by atoms with E-state index in [-0.39, 0.29) is 12.5 Å². The molecule has 1 fully saturated rings. The van der Waals surface area contributed by atoms with E-state index in [0.717, 1.165) is 26.1 Å². The van der Waals surface area contributed by atoms with Crippen molar-refractivity contribution in [1.82, 2.24) is 4.90 Å². The molecule has 2 N–H and O–H groups in total. The third-order valence-corrected chi connectivity index (χ3v) is 3.87. The molecule has 5 heteroatoms. The van der Waals surface area contributed by atoms with Crippen LogP contribution in [-0.2, 0) is 20.7 Å². The Labute approximate surface area is 132 Å². The number of benzene rings is 1. The summed E-state index contributed by atoms with van der Waals surface area (Å²) in [6, 6.07) is 10.2. The second kappa shape index (κ2) is 9.56. The summed E-state index contributed by atoms with van der Waals surface area (Å²) in [6.45, 7) is 3.99. The van der Waals surface area contributed by atoms with Crippen molar-refractivity contribution in [3.63, 3.8) is 0 Å². The molecule has 122 valence electrons. The van der Waals surface area contributed by atoms with E-state index in [1.54, 1.807) is 4.90 Å². The molecule has 1 aromatic carbocycles. The zero-order chi connectivity index (χ0) is 15.6. The van der Waals surface area contributed by atoms with Crippen molar-refractivity contribution < 1.29 is 14.3 Å². The Morgan fingerprint density at radius 1 is 1.32 bits per heavy atom. The predicted molar refractivity (Wildman–Crippen MR) is 85.5 cm³/mol. The number of rotatable bonds is 9. The van der Waals surface area contributed by atoms with Crippen LogP contribution in [0.15, 0.2) is 30.3 Å². The maximum Gasteiger partial charge on any atom is 0.248 e. The van der Waals surface area contributed by atoms with Gasteiger partial charge in [0.15, 0.2) is 0 Å². The SMILES string of the molecule is NCCN(CCc1ccccc1)C(=O)COCC1CCOC1. The van der Waals surface area contributed by atoms with Gasteiger partial charge < -0.3 is 20.1 Å². The molecular formula is C17H26N2O3. The van der Waals surface area contributed by atoms with Crippen LogP contribution in [0.1, 0.15) is 12.0 Å². The van der Waals surface area contributed by atoms with Gasteiger partial charge in [0.1, 0.15) is 6.61 Å². The maximum absolute atomic E-state index is 12.2. The molecule has 0 aromatic heterocycles. The molecule has 1 unspecified atom stereocenters. The molecule has 1 atom stereocenters. The van der Waals surface area contributed by atoms with E-state index in [1.165, 1.54) is 5.56 Å². The summed E-state index contributed by atoms with van der Waals surface area (Å²) < 4.78 is 10.8. The third-order valence-electron chi connectivity index (χ3n) is 3.87. The van der Waals surface area contributed by atoms with E-state index >= 15 is 0 Å². The Morgan fingerprint density at radius 3 is 2.82 bits per heavy atom. The summed E-state index contributed by atoms with van der Waals surface area (Å²) in [4.78, 5) is 14.0. The van der Waals surface area contributed by atoms with Crippen LogP contribution in [0.3, 0.4) is 0 Å². The van der Waals surface area contributed by atoms with Crippen LogP contribution in [0.25, 0.3) is 0 Å².